The molecule has 6 heteroatoms. The monoisotopic (exact) mass is 352 g/mol. The zero-order valence-corrected chi connectivity index (χ0v) is 14.2. The van der Waals surface area contributed by atoms with Crippen LogP contribution in [0.5, 0.6) is 0 Å². The van der Waals surface area contributed by atoms with Crippen LogP contribution in [-0.2, 0) is 11.2 Å². The van der Waals surface area contributed by atoms with E-state index in [1.54, 1.807) is 36.4 Å². The van der Waals surface area contributed by atoms with Gasteiger partial charge >= 0.3 is 5.97 Å². The lowest BCUT2D eigenvalue weighted by molar-refractivity contribution is -0.117. The molecule has 3 N–H and O–H groups in total. The van der Waals surface area contributed by atoms with E-state index in [0.717, 1.165) is 18.4 Å². The van der Waals surface area contributed by atoms with Gasteiger partial charge in [0.2, 0.25) is 5.91 Å². The lowest BCUT2D eigenvalue weighted by Crippen LogP contribution is -2.26. The number of hydrogen-bond donors (Lipinski definition) is 3. The van der Waals surface area contributed by atoms with Crippen LogP contribution in [0.4, 0.5) is 5.69 Å². The summed E-state index contributed by atoms with van der Waals surface area (Å²) < 4.78 is 0. The predicted octanol–water partition coefficient (Wildman–Crippen LogP) is 2.71. The first-order valence-corrected chi connectivity index (χ1v) is 8.54. The minimum absolute atomic E-state index is 0.000806. The molecule has 1 aliphatic carbocycles. The molecule has 0 radical (unpaired) electrons. The largest absolute Gasteiger partial charge is 0.478 e. The van der Waals surface area contributed by atoms with E-state index in [1.165, 1.54) is 6.07 Å². The van der Waals surface area contributed by atoms with E-state index < -0.39 is 5.97 Å². The summed E-state index contributed by atoms with van der Waals surface area (Å²) in [5, 5.41) is 14.6. The van der Waals surface area contributed by atoms with E-state index in [0.29, 0.717) is 24.2 Å². The molecule has 26 heavy (non-hydrogen) atoms. The van der Waals surface area contributed by atoms with Crippen molar-refractivity contribution in [2.75, 3.05) is 11.9 Å². The molecular weight excluding hydrogens is 332 g/mol. The predicted molar refractivity (Wildman–Crippen MR) is 97.2 cm³/mol. The molecule has 0 spiro atoms. The van der Waals surface area contributed by atoms with E-state index in [2.05, 4.69) is 10.6 Å². The number of anilines is 1. The van der Waals surface area contributed by atoms with Crippen LogP contribution in [-0.4, -0.2) is 29.4 Å². The number of nitrogens with one attached hydrogen (secondary N) is 2. The number of aromatic carboxylic acids is 1. The van der Waals surface area contributed by atoms with Gasteiger partial charge in [-0.15, -0.1) is 0 Å². The van der Waals surface area contributed by atoms with Crippen molar-refractivity contribution in [3.63, 3.8) is 0 Å². The molecule has 2 aromatic carbocycles. The van der Waals surface area contributed by atoms with Crippen LogP contribution < -0.4 is 10.6 Å². The minimum atomic E-state index is -0.971. The summed E-state index contributed by atoms with van der Waals surface area (Å²) in [6, 6.07) is 13.5. The topological polar surface area (TPSA) is 95.5 Å². The van der Waals surface area contributed by atoms with Gasteiger partial charge in [-0.2, -0.15) is 0 Å². The second-order valence-electron chi connectivity index (χ2n) is 6.36. The summed E-state index contributed by atoms with van der Waals surface area (Å²) in [5.74, 6) is -1.10. The molecule has 134 valence electrons. The highest BCUT2D eigenvalue weighted by Crippen LogP contribution is 2.30. The molecule has 0 aromatic heterocycles. The SMILES string of the molecule is O=C(O)c1cccc(CCNC(=O)c2cccc(NC(=O)C3CC3)c2)c1. The van der Waals surface area contributed by atoms with Crippen molar-refractivity contribution >= 4 is 23.5 Å². The number of hydrogen-bond acceptors (Lipinski definition) is 3. The molecule has 0 saturated heterocycles. The van der Waals surface area contributed by atoms with Crippen LogP contribution in [0.25, 0.3) is 0 Å². The Morgan fingerprint density at radius 2 is 1.73 bits per heavy atom. The highest BCUT2D eigenvalue weighted by atomic mass is 16.4. The van der Waals surface area contributed by atoms with Gasteiger partial charge in [0.1, 0.15) is 0 Å². The standard InChI is InChI=1S/C20H20N2O4/c23-18(21-10-9-13-3-1-5-16(11-13)20(25)26)15-4-2-6-17(12-15)22-19(24)14-7-8-14/h1-6,11-12,14H,7-10H2,(H,21,23)(H,22,24)(H,25,26). The van der Waals surface area contributed by atoms with Crippen molar-refractivity contribution in [2.45, 2.75) is 19.3 Å². The summed E-state index contributed by atoms with van der Waals surface area (Å²) in [6.07, 6.45) is 2.38. The molecule has 3 rings (SSSR count). The fraction of sp³-hybridized carbons (Fsp3) is 0.250. The first-order chi connectivity index (χ1) is 12.5. The molecule has 1 aliphatic rings. The average Bonchev–Trinajstić information content (AvgIpc) is 3.47. The van der Waals surface area contributed by atoms with Gasteiger partial charge in [-0.25, -0.2) is 4.79 Å². The van der Waals surface area contributed by atoms with Crippen molar-refractivity contribution in [2.24, 2.45) is 5.92 Å². The van der Waals surface area contributed by atoms with E-state index in [-0.39, 0.29) is 23.3 Å². The van der Waals surface area contributed by atoms with Crippen LogP contribution in [0.1, 0.15) is 39.1 Å². The smallest absolute Gasteiger partial charge is 0.335 e. The number of carbonyl (C=O) groups is 3. The third-order valence-corrected chi connectivity index (χ3v) is 4.21. The van der Waals surface area contributed by atoms with Gasteiger partial charge in [0.05, 0.1) is 5.56 Å². The van der Waals surface area contributed by atoms with Crippen LogP contribution >= 0.6 is 0 Å². The average molecular weight is 352 g/mol. The zero-order chi connectivity index (χ0) is 18.5. The number of carboxylic acid groups (broad SMARTS) is 1. The molecule has 0 atom stereocenters. The van der Waals surface area contributed by atoms with Gasteiger partial charge in [0.25, 0.3) is 5.91 Å². The molecule has 0 bridgehead atoms. The maximum atomic E-state index is 12.3. The first-order valence-electron chi connectivity index (χ1n) is 8.54. The van der Waals surface area contributed by atoms with E-state index in [9.17, 15) is 14.4 Å². The van der Waals surface area contributed by atoms with E-state index in [1.807, 2.05) is 6.07 Å². The number of carboxylic acids is 1. The van der Waals surface area contributed by atoms with Crippen LogP contribution in [0.15, 0.2) is 48.5 Å². The Morgan fingerprint density at radius 1 is 1.00 bits per heavy atom. The van der Waals surface area contributed by atoms with E-state index in [4.69, 9.17) is 5.11 Å². The number of amides is 2. The van der Waals surface area contributed by atoms with Crippen LogP contribution in [0.3, 0.4) is 0 Å². The number of carbonyl (C=O) groups excluding carboxylic acids is 2. The molecule has 2 aromatic rings. The number of rotatable bonds is 7. The molecule has 1 saturated carbocycles. The number of benzene rings is 2. The minimum Gasteiger partial charge on any atom is -0.478 e. The quantitative estimate of drug-likeness (QED) is 0.714. The van der Waals surface area contributed by atoms with Crippen LogP contribution in [0.2, 0.25) is 0 Å². The fourth-order valence-corrected chi connectivity index (χ4v) is 2.61. The maximum Gasteiger partial charge on any atom is 0.335 e. The first kappa shape index (κ1) is 17.7. The highest BCUT2D eigenvalue weighted by molar-refractivity contribution is 5.98. The Bertz CT molecular complexity index is 843. The van der Waals surface area contributed by atoms with Crippen LogP contribution in [0, 0.1) is 5.92 Å². The van der Waals surface area contributed by atoms with E-state index >= 15 is 0 Å². The van der Waals surface area contributed by atoms with Gasteiger partial charge in [0.15, 0.2) is 0 Å². The van der Waals surface area contributed by atoms with Gasteiger partial charge in [0, 0.05) is 23.7 Å². The Hall–Kier alpha value is -3.15. The third kappa shape index (κ3) is 4.69. The second-order valence-corrected chi connectivity index (χ2v) is 6.36. The fourth-order valence-electron chi connectivity index (χ4n) is 2.61. The van der Waals surface area contributed by atoms with Crippen molar-refractivity contribution in [1.82, 2.24) is 5.32 Å². The van der Waals surface area contributed by atoms with Gasteiger partial charge in [-0.1, -0.05) is 18.2 Å². The van der Waals surface area contributed by atoms with Gasteiger partial charge in [-0.05, 0) is 55.2 Å². The lowest BCUT2D eigenvalue weighted by atomic mass is 10.1. The Labute approximate surface area is 151 Å². The Kier molecular flexibility index (Phi) is 5.31. The molecule has 0 unspecified atom stereocenters. The highest BCUT2D eigenvalue weighted by Gasteiger charge is 2.29. The summed E-state index contributed by atoms with van der Waals surface area (Å²) in [5.41, 5.74) is 2.16. The van der Waals surface area contributed by atoms with Crippen molar-refractivity contribution in [1.29, 1.82) is 0 Å². The summed E-state index contributed by atoms with van der Waals surface area (Å²) >= 11 is 0. The zero-order valence-electron chi connectivity index (χ0n) is 14.2. The van der Waals surface area contributed by atoms with Crippen molar-refractivity contribution in [3.8, 4) is 0 Å². The Morgan fingerprint density at radius 3 is 2.46 bits per heavy atom. The summed E-state index contributed by atoms with van der Waals surface area (Å²) in [6.45, 7) is 0.389. The molecule has 0 heterocycles. The Balaban J connectivity index is 1.54. The third-order valence-electron chi connectivity index (χ3n) is 4.21. The maximum absolute atomic E-state index is 12.3. The molecule has 6 nitrogen and oxygen atoms in total. The van der Waals surface area contributed by atoms with Crippen molar-refractivity contribution < 1.29 is 19.5 Å². The van der Waals surface area contributed by atoms with Crippen molar-refractivity contribution in [3.05, 3.63) is 65.2 Å². The normalized spacial score (nSPS) is 13.1. The molecule has 2 amide bonds. The molecule has 0 aliphatic heterocycles. The summed E-state index contributed by atoms with van der Waals surface area (Å²) in [7, 11) is 0. The summed E-state index contributed by atoms with van der Waals surface area (Å²) in [4.78, 5) is 35.1. The van der Waals surface area contributed by atoms with Gasteiger partial charge < -0.3 is 15.7 Å². The second kappa shape index (κ2) is 7.82. The lowest BCUT2D eigenvalue weighted by Gasteiger charge is -2.08. The molecular formula is C20H20N2O4. The van der Waals surface area contributed by atoms with Gasteiger partial charge in [-0.3, -0.25) is 9.59 Å². The molecule has 1 fully saturated rings.